The van der Waals surface area contributed by atoms with Gasteiger partial charge in [0, 0.05) is 23.4 Å². The lowest BCUT2D eigenvalue weighted by molar-refractivity contribution is 0.137. The maximum Gasteiger partial charge on any atom is 0.490 e. The van der Waals surface area contributed by atoms with Gasteiger partial charge in [0.15, 0.2) is 0 Å². The van der Waals surface area contributed by atoms with Crippen LogP contribution in [0.15, 0.2) is 78.9 Å². The van der Waals surface area contributed by atoms with E-state index in [1.54, 1.807) is 31.2 Å². The molecule has 1 atom stereocenters. The van der Waals surface area contributed by atoms with Crippen molar-refractivity contribution in [1.29, 1.82) is 0 Å². The second-order valence-corrected chi connectivity index (χ2v) is 7.85. The SMILES string of the molecule is CCN(C(=O)O)c1ccccc1C.C[C@@H](NC(=O)OCc1ccccc1)Nc1ccccc1B(O)O. The first-order chi connectivity index (χ1) is 17.2. The van der Waals surface area contributed by atoms with Gasteiger partial charge in [-0.05, 0) is 44.0 Å². The van der Waals surface area contributed by atoms with Gasteiger partial charge in [-0.15, -0.1) is 0 Å². The first-order valence-corrected chi connectivity index (χ1v) is 11.5. The van der Waals surface area contributed by atoms with Crippen LogP contribution in [0.5, 0.6) is 0 Å². The molecule has 0 saturated heterocycles. The van der Waals surface area contributed by atoms with E-state index in [4.69, 9.17) is 9.84 Å². The Labute approximate surface area is 211 Å². The molecule has 0 bridgehead atoms. The lowest BCUT2D eigenvalue weighted by atomic mass is 9.79. The Morgan fingerprint density at radius 3 is 2.19 bits per heavy atom. The predicted octanol–water partition coefficient (Wildman–Crippen LogP) is 3.55. The van der Waals surface area contributed by atoms with E-state index in [0.717, 1.165) is 16.8 Å². The molecule has 3 rings (SSSR count). The van der Waals surface area contributed by atoms with Crippen LogP contribution in [0.4, 0.5) is 21.0 Å². The normalized spacial score (nSPS) is 10.8. The highest BCUT2D eigenvalue weighted by atomic mass is 16.5. The van der Waals surface area contributed by atoms with Crippen molar-refractivity contribution < 1.29 is 29.5 Å². The molecule has 0 spiro atoms. The van der Waals surface area contributed by atoms with Crippen LogP contribution in [-0.4, -0.2) is 47.2 Å². The van der Waals surface area contributed by atoms with E-state index < -0.39 is 25.5 Å². The second-order valence-electron chi connectivity index (χ2n) is 7.85. The minimum absolute atomic E-state index is 0.186. The van der Waals surface area contributed by atoms with Crippen LogP contribution >= 0.6 is 0 Å². The van der Waals surface area contributed by atoms with Gasteiger partial charge in [-0.2, -0.15) is 0 Å². The molecule has 0 aromatic heterocycles. The molecule has 0 aliphatic carbocycles. The molecule has 10 heteroatoms. The van der Waals surface area contributed by atoms with Crippen molar-refractivity contribution in [3.05, 3.63) is 90.0 Å². The van der Waals surface area contributed by atoms with E-state index in [0.29, 0.717) is 17.7 Å². The van der Waals surface area contributed by atoms with Gasteiger partial charge in [0.25, 0.3) is 0 Å². The van der Waals surface area contributed by atoms with Crippen molar-refractivity contribution in [3.63, 3.8) is 0 Å². The van der Waals surface area contributed by atoms with Gasteiger partial charge < -0.3 is 30.5 Å². The summed E-state index contributed by atoms with van der Waals surface area (Å²) in [5, 5.41) is 33.1. The highest BCUT2D eigenvalue weighted by Gasteiger charge is 2.17. The van der Waals surface area contributed by atoms with Gasteiger partial charge >= 0.3 is 19.3 Å². The molecule has 36 heavy (non-hydrogen) atoms. The van der Waals surface area contributed by atoms with Crippen LogP contribution in [0.2, 0.25) is 0 Å². The predicted molar refractivity (Wildman–Crippen MR) is 141 cm³/mol. The number of nitrogens with one attached hydrogen (secondary N) is 2. The third-order valence-corrected chi connectivity index (χ3v) is 5.11. The standard InChI is InChI=1S/C16H19BN2O4.C10H13NO2/c1-12(18-15-10-6-5-9-14(15)17(21)22)19-16(20)23-11-13-7-3-2-4-8-13;1-3-11(10(12)13)9-7-5-4-6-8(9)2/h2-10,12,18,21-22H,11H2,1H3,(H,19,20);4-7H,3H2,1-2H3,(H,12,13)/t12-;/m1./s1. The summed E-state index contributed by atoms with van der Waals surface area (Å²) >= 11 is 0. The lowest BCUT2D eigenvalue weighted by Crippen LogP contribution is -2.41. The summed E-state index contributed by atoms with van der Waals surface area (Å²) in [5.41, 5.74) is 3.50. The van der Waals surface area contributed by atoms with E-state index >= 15 is 0 Å². The van der Waals surface area contributed by atoms with Crippen LogP contribution in [0.25, 0.3) is 0 Å². The number of ether oxygens (including phenoxy) is 1. The zero-order chi connectivity index (χ0) is 26.5. The third-order valence-electron chi connectivity index (χ3n) is 5.11. The molecule has 0 fully saturated rings. The molecule has 0 saturated carbocycles. The monoisotopic (exact) mass is 493 g/mol. The largest absolute Gasteiger partial charge is 0.490 e. The molecule has 0 aliphatic heterocycles. The lowest BCUT2D eigenvalue weighted by Gasteiger charge is -2.19. The van der Waals surface area contributed by atoms with E-state index in [2.05, 4.69) is 10.6 Å². The van der Waals surface area contributed by atoms with Gasteiger partial charge in [0.2, 0.25) is 0 Å². The molecule has 5 N–H and O–H groups in total. The molecule has 9 nitrogen and oxygen atoms in total. The number of rotatable bonds is 8. The summed E-state index contributed by atoms with van der Waals surface area (Å²) in [6.45, 7) is 6.11. The number of para-hydroxylation sites is 2. The molecule has 3 aromatic carbocycles. The van der Waals surface area contributed by atoms with Crippen LogP contribution in [0, 0.1) is 6.92 Å². The van der Waals surface area contributed by atoms with Gasteiger partial charge in [0.1, 0.15) is 6.61 Å². The summed E-state index contributed by atoms with van der Waals surface area (Å²) in [6.07, 6.45) is -1.91. The molecule has 0 aliphatic rings. The van der Waals surface area contributed by atoms with E-state index in [-0.39, 0.29) is 6.61 Å². The maximum atomic E-state index is 11.8. The number of carbonyl (C=O) groups is 2. The fourth-order valence-corrected chi connectivity index (χ4v) is 3.34. The second kappa shape index (κ2) is 14.4. The first kappa shape index (κ1) is 28.2. The summed E-state index contributed by atoms with van der Waals surface area (Å²) in [6, 6.07) is 23.6. The van der Waals surface area contributed by atoms with Crippen molar-refractivity contribution in [2.24, 2.45) is 0 Å². The van der Waals surface area contributed by atoms with Crippen LogP contribution < -0.4 is 21.0 Å². The number of hydrogen-bond acceptors (Lipinski definition) is 6. The Balaban J connectivity index is 0.000000297. The summed E-state index contributed by atoms with van der Waals surface area (Å²) < 4.78 is 5.13. The van der Waals surface area contributed by atoms with Crippen molar-refractivity contribution in [3.8, 4) is 0 Å². The molecular weight excluding hydrogens is 461 g/mol. The first-order valence-electron chi connectivity index (χ1n) is 11.5. The number of nitrogens with zero attached hydrogens (tertiary/aromatic N) is 1. The zero-order valence-electron chi connectivity index (χ0n) is 20.6. The van der Waals surface area contributed by atoms with Crippen molar-refractivity contribution >= 4 is 36.1 Å². The quantitative estimate of drug-likeness (QED) is 0.240. The van der Waals surface area contributed by atoms with Crippen molar-refractivity contribution in [2.45, 2.75) is 33.5 Å². The third kappa shape index (κ3) is 8.97. The van der Waals surface area contributed by atoms with Crippen LogP contribution in [-0.2, 0) is 11.3 Å². The number of anilines is 2. The average Bonchev–Trinajstić information content (AvgIpc) is 2.85. The molecule has 0 radical (unpaired) electrons. The van der Waals surface area contributed by atoms with Gasteiger partial charge in [-0.25, -0.2) is 9.59 Å². The fourth-order valence-electron chi connectivity index (χ4n) is 3.34. The maximum absolute atomic E-state index is 11.8. The summed E-state index contributed by atoms with van der Waals surface area (Å²) in [7, 11) is -1.59. The van der Waals surface area contributed by atoms with Crippen molar-refractivity contribution in [1.82, 2.24) is 5.32 Å². The minimum Gasteiger partial charge on any atom is -0.465 e. The Bertz CT molecular complexity index is 1110. The molecule has 190 valence electrons. The summed E-state index contributed by atoms with van der Waals surface area (Å²) in [4.78, 5) is 23.9. The minimum atomic E-state index is -1.59. The molecule has 0 unspecified atom stereocenters. The highest BCUT2D eigenvalue weighted by Crippen LogP contribution is 2.18. The topological polar surface area (TPSA) is 131 Å². The summed E-state index contributed by atoms with van der Waals surface area (Å²) in [5.74, 6) is 0. The molecular formula is C26H32BN3O6. The van der Waals surface area contributed by atoms with E-state index in [1.807, 2.05) is 68.4 Å². The highest BCUT2D eigenvalue weighted by molar-refractivity contribution is 6.60. The van der Waals surface area contributed by atoms with E-state index in [1.165, 1.54) is 4.90 Å². The number of alkyl carbamates (subject to hydrolysis) is 1. The molecule has 0 heterocycles. The van der Waals surface area contributed by atoms with Gasteiger partial charge in [-0.1, -0.05) is 66.7 Å². The number of amides is 2. The number of carbonyl (C=O) groups excluding carboxylic acids is 1. The number of benzene rings is 3. The van der Waals surface area contributed by atoms with Crippen LogP contribution in [0.3, 0.4) is 0 Å². The van der Waals surface area contributed by atoms with Gasteiger partial charge in [-0.3, -0.25) is 4.90 Å². The number of hydrogen-bond donors (Lipinski definition) is 5. The smallest absolute Gasteiger partial charge is 0.465 e. The number of aryl methyl sites for hydroxylation is 1. The Hall–Kier alpha value is -4.02. The van der Waals surface area contributed by atoms with Gasteiger partial charge in [0.05, 0.1) is 6.17 Å². The Morgan fingerprint density at radius 2 is 1.58 bits per heavy atom. The van der Waals surface area contributed by atoms with Crippen LogP contribution in [0.1, 0.15) is 25.0 Å². The van der Waals surface area contributed by atoms with Crippen molar-refractivity contribution in [2.75, 3.05) is 16.8 Å². The molecule has 2 amide bonds. The fraction of sp³-hybridized carbons (Fsp3) is 0.231. The molecule has 3 aromatic rings. The van der Waals surface area contributed by atoms with E-state index in [9.17, 15) is 19.6 Å². The Morgan fingerprint density at radius 1 is 0.972 bits per heavy atom. The Kier molecular flexibility index (Phi) is 11.3. The zero-order valence-corrected chi connectivity index (χ0v) is 20.6. The number of carboxylic acid groups (broad SMARTS) is 1. The average molecular weight is 493 g/mol.